The maximum Gasteiger partial charge on any atom is 0.111 e. The number of rotatable bonds is 3. The van der Waals surface area contributed by atoms with Crippen LogP contribution in [0.5, 0.6) is 0 Å². The maximum absolute atomic E-state index is 8.11. The molecule has 0 aliphatic rings. The molecule has 0 radical (unpaired) electrons. The summed E-state index contributed by atoms with van der Waals surface area (Å²) < 4.78 is 0.383. The SMILES string of the molecule is C[N+](C)(N)CCNO. The number of hydrogen-bond acceptors (Lipinski definition) is 3. The van der Waals surface area contributed by atoms with E-state index in [-0.39, 0.29) is 0 Å². The van der Waals surface area contributed by atoms with Gasteiger partial charge in [-0.2, -0.15) is 11.3 Å². The van der Waals surface area contributed by atoms with E-state index >= 15 is 0 Å². The van der Waals surface area contributed by atoms with Gasteiger partial charge < -0.3 is 5.21 Å². The Morgan fingerprint density at radius 3 is 2.25 bits per heavy atom. The standard InChI is InChI=1S/C4H14N3O/c1-7(2,5)4-3-6-8/h6,8H,3-5H2,1-2H3/q+1. The van der Waals surface area contributed by atoms with E-state index in [2.05, 4.69) is 0 Å². The first-order valence-corrected chi connectivity index (χ1v) is 2.55. The van der Waals surface area contributed by atoms with Crippen molar-refractivity contribution in [2.75, 3.05) is 27.2 Å². The van der Waals surface area contributed by atoms with Gasteiger partial charge in [-0.3, -0.25) is 4.59 Å². The summed E-state index contributed by atoms with van der Waals surface area (Å²) in [7, 11) is 3.72. The van der Waals surface area contributed by atoms with Gasteiger partial charge in [-0.05, 0) is 0 Å². The minimum Gasteiger partial charge on any atom is -0.317 e. The summed E-state index contributed by atoms with van der Waals surface area (Å²) in [6.45, 7) is 1.25. The molecule has 4 nitrogen and oxygen atoms in total. The Morgan fingerprint density at radius 2 is 2.12 bits per heavy atom. The summed E-state index contributed by atoms with van der Waals surface area (Å²) in [6, 6.07) is 0. The van der Waals surface area contributed by atoms with Crippen molar-refractivity contribution in [3.8, 4) is 0 Å². The number of quaternary nitrogens is 1. The second kappa shape index (κ2) is 2.99. The number of hydroxylamine groups is 1. The fourth-order valence-corrected chi connectivity index (χ4v) is 0.338. The highest BCUT2D eigenvalue weighted by Crippen LogP contribution is 1.79. The van der Waals surface area contributed by atoms with Gasteiger partial charge in [-0.15, -0.1) is 0 Å². The Kier molecular flexibility index (Phi) is 2.93. The third-order valence-electron chi connectivity index (χ3n) is 0.800. The molecule has 0 aromatic carbocycles. The van der Waals surface area contributed by atoms with Gasteiger partial charge in [0.1, 0.15) is 6.54 Å². The Hall–Kier alpha value is -0.160. The van der Waals surface area contributed by atoms with E-state index < -0.39 is 0 Å². The number of hydrogen-bond donors (Lipinski definition) is 3. The molecule has 50 valence electrons. The van der Waals surface area contributed by atoms with Crippen molar-refractivity contribution in [3.05, 3.63) is 0 Å². The summed E-state index contributed by atoms with van der Waals surface area (Å²) in [5.41, 5.74) is 2.03. The topological polar surface area (TPSA) is 58.3 Å². The average molecular weight is 120 g/mol. The Morgan fingerprint density at radius 1 is 1.62 bits per heavy atom. The van der Waals surface area contributed by atoms with Crippen molar-refractivity contribution in [2.24, 2.45) is 5.84 Å². The van der Waals surface area contributed by atoms with Gasteiger partial charge in [0.2, 0.25) is 0 Å². The first-order chi connectivity index (χ1) is 3.56. The van der Waals surface area contributed by atoms with Crippen LogP contribution < -0.4 is 11.3 Å². The summed E-state index contributed by atoms with van der Waals surface area (Å²) in [6.07, 6.45) is 0. The summed E-state index contributed by atoms with van der Waals surface area (Å²) in [5.74, 6) is 5.51. The molecule has 0 fully saturated rings. The van der Waals surface area contributed by atoms with E-state index in [1.54, 1.807) is 0 Å². The molecule has 0 aromatic rings. The summed E-state index contributed by atoms with van der Waals surface area (Å²) >= 11 is 0. The lowest BCUT2D eigenvalue weighted by Gasteiger charge is -2.21. The molecule has 0 aliphatic carbocycles. The highest BCUT2D eigenvalue weighted by atomic mass is 16.5. The van der Waals surface area contributed by atoms with Crippen molar-refractivity contribution in [3.63, 3.8) is 0 Å². The van der Waals surface area contributed by atoms with Crippen LogP contribution in [0.3, 0.4) is 0 Å². The van der Waals surface area contributed by atoms with Crippen LogP contribution in [0.25, 0.3) is 0 Å². The third kappa shape index (κ3) is 5.84. The molecule has 0 aromatic heterocycles. The number of likely N-dealkylation sites (N-methyl/N-ethyl adjacent to an activating group) is 1. The Labute approximate surface area is 49.4 Å². The van der Waals surface area contributed by atoms with E-state index in [9.17, 15) is 0 Å². The van der Waals surface area contributed by atoms with Gasteiger partial charge in [0.25, 0.3) is 0 Å². The van der Waals surface area contributed by atoms with E-state index in [1.165, 1.54) is 0 Å². The molecular formula is C4H14N3O+. The largest absolute Gasteiger partial charge is 0.317 e. The zero-order chi connectivity index (χ0) is 6.62. The first kappa shape index (κ1) is 7.84. The molecule has 0 amide bonds. The molecule has 0 saturated heterocycles. The van der Waals surface area contributed by atoms with Gasteiger partial charge in [-0.1, -0.05) is 0 Å². The lowest BCUT2D eigenvalue weighted by Crippen LogP contribution is -2.50. The first-order valence-electron chi connectivity index (χ1n) is 2.55. The molecular weight excluding hydrogens is 106 g/mol. The van der Waals surface area contributed by atoms with Gasteiger partial charge >= 0.3 is 0 Å². The smallest absolute Gasteiger partial charge is 0.111 e. The molecule has 4 N–H and O–H groups in total. The van der Waals surface area contributed by atoms with Gasteiger partial charge in [0, 0.05) is 0 Å². The highest BCUT2D eigenvalue weighted by Gasteiger charge is 2.04. The highest BCUT2D eigenvalue weighted by molar-refractivity contribution is 4.26. The number of nitrogens with one attached hydrogen (secondary N) is 1. The molecule has 0 spiro atoms. The van der Waals surface area contributed by atoms with Crippen molar-refractivity contribution >= 4 is 0 Å². The van der Waals surface area contributed by atoms with Crippen LogP contribution >= 0.6 is 0 Å². The average Bonchev–Trinajstić information content (AvgIpc) is 1.59. The molecule has 0 rings (SSSR count). The van der Waals surface area contributed by atoms with Crippen LogP contribution in [0, 0.1) is 0 Å². The Balaban J connectivity index is 3.11. The second-order valence-corrected chi connectivity index (χ2v) is 2.41. The van der Waals surface area contributed by atoms with Crippen LogP contribution in [0.15, 0.2) is 0 Å². The van der Waals surface area contributed by atoms with Crippen molar-refractivity contribution in [2.45, 2.75) is 0 Å². The van der Waals surface area contributed by atoms with Crippen molar-refractivity contribution in [1.82, 2.24) is 5.48 Å². The third-order valence-corrected chi connectivity index (χ3v) is 0.800. The van der Waals surface area contributed by atoms with Crippen LogP contribution in [0.1, 0.15) is 0 Å². The quantitative estimate of drug-likeness (QED) is 0.252. The number of nitrogens with zero attached hydrogens (tertiary/aromatic N) is 1. The van der Waals surface area contributed by atoms with Crippen LogP contribution in [0.4, 0.5) is 0 Å². The minimum absolute atomic E-state index is 0.383. The number of nitrogens with two attached hydrogens (primary N) is 1. The van der Waals surface area contributed by atoms with Gasteiger partial charge in [-0.25, -0.2) is 0 Å². The predicted octanol–water partition coefficient (Wildman–Crippen LogP) is -1.08. The lowest BCUT2D eigenvalue weighted by molar-refractivity contribution is -0.901. The zero-order valence-corrected chi connectivity index (χ0v) is 5.39. The van der Waals surface area contributed by atoms with Crippen molar-refractivity contribution < 1.29 is 9.80 Å². The molecule has 4 heteroatoms. The normalized spacial score (nSPS) is 12.0. The fraction of sp³-hybridized carbons (Fsp3) is 1.00. The zero-order valence-electron chi connectivity index (χ0n) is 5.39. The fourth-order valence-electron chi connectivity index (χ4n) is 0.338. The van der Waals surface area contributed by atoms with Crippen LogP contribution in [0.2, 0.25) is 0 Å². The summed E-state index contributed by atoms with van der Waals surface area (Å²) in [4.78, 5) is 0. The molecule has 0 aliphatic heterocycles. The monoisotopic (exact) mass is 120 g/mol. The van der Waals surface area contributed by atoms with Gasteiger partial charge in [0.05, 0.1) is 20.6 Å². The molecule has 0 bridgehead atoms. The molecule has 0 saturated carbocycles. The van der Waals surface area contributed by atoms with Crippen molar-refractivity contribution in [1.29, 1.82) is 0 Å². The second-order valence-electron chi connectivity index (χ2n) is 2.41. The van der Waals surface area contributed by atoms with E-state index in [4.69, 9.17) is 11.0 Å². The maximum atomic E-state index is 8.11. The van der Waals surface area contributed by atoms with E-state index in [0.29, 0.717) is 11.1 Å². The predicted molar refractivity (Wildman–Crippen MR) is 31.0 cm³/mol. The van der Waals surface area contributed by atoms with E-state index in [0.717, 1.165) is 6.54 Å². The molecule has 8 heavy (non-hydrogen) atoms. The molecule has 0 unspecified atom stereocenters. The lowest BCUT2D eigenvalue weighted by atomic mass is 10.6. The summed E-state index contributed by atoms with van der Waals surface area (Å²) in [5, 5.41) is 8.11. The van der Waals surface area contributed by atoms with Crippen LogP contribution in [-0.4, -0.2) is 37.0 Å². The van der Waals surface area contributed by atoms with E-state index in [1.807, 2.05) is 19.6 Å². The van der Waals surface area contributed by atoms with Crippen LogP contribution in [-0.2, 0) is 0 Å². The van der Waals surface area contributed by atoms with Gasteiger partial charge in [0.15, 0.2) is 0 Å². The molecule has 0 atom stereocenters. The molecule has 0 heterocycles. The minimum atomic E-state index is 0.383. The Bertz CT molecular complexity index is 58.8.